The number of hydrogen-bond acceptors (Lipinski definition) is 6. The number of carbonyl (C=O) groups is 2. The minimum atomic E-state index is -0.524. The topological polar surface area (TPSA) is 110 Å². The number of aromatic nitrogens is 3. The first kappa shape index (κ1) is 25.8. The summed E-state index contributed by atoms with van der Waals surface area (Å²) in [5, 5.41) is 8.30. The van der Waals surface area contributed by atoms with Gasteiger partial charge in [-0.1, -0.05) is 39.0 Å². The van der Waals surface area contributed by atoms with Gasteiger partial charge < -0.3 is 29.7 Å². The van der Waals surface area contributed by atoms with E-state index in [1.807, 2.05) is 35.0 Å². The fraction of sp³-hybridized carbons (Fsp3) is 0.414. The van der Waals surface area contributed by atoms with Crippen LogP contribution in [0, 0.1) is 11.3 Å². The van der Waals surface area contributed by atoms with E-state index in [0.29, 0.717) is 49.3 Å². The number of benzene rings is 1. The van der Waals surface area contributed by atoms with Gasteiger partial charge in [-0.15, -0.1) is 0 Å². The maximum atomic E-state index is 13.2. The van der Waals surface area contributed by atoms with Crippen molar-refractivity contribution in [2.24, 2.45) is 11.3 Å². The normalized spacial score (nSPS) is 15.7. The Hall–Kier alpha value is -3.85. The molecule has 1 aliphatic heterocycles. The van der Waals surface area contributed by atoms with Crippen molar-refractivity contribution < 1.29 is 19.1 Å². The summed E-state index contributed by atoms with van der Waals surface area (Å²) in [5.41, 5.74) is 4.41. The number of amides is 1. The molecule has 4 aromatic rings. The zero-order chi connectivity index (χ0) is 26.9. The molecule has 9 heteroatoms. The molecule has 1 fully saturated rings. The average Bonchev–Trinajstić information content (AvgIpc) is 3.64. The Morgan fingerprint density at radius 3 is 2.79 bits per heavy atom. The summed E-state index contributed by atoms with van der Waals surface area (Å²) in [4.78, 5) is 34.4. The van der Waals surface area contributed by atoms with Crippen LogP contribution in [-0.4, -0.2) is 53.3 Å². The van der Waals surface area contributed by atoms with E-state index in [-0.39, 0.29) is 22.9 Å². The van der Waals surface area contributed by atoms with Gasteiger partial charge in [0.05, 0.1) is 37.2 Å². The van der Waals surface area contributed by atoms with E-state index in [0.717, 1.165) is 28.7 Å². The van der Waals surface area contributed by atoms with Crippen LogP contribution < -0.4 is 10.6 Å². The third kappa shape index (κ3) is 5.24. The summed E-state index contributed by atoms with van der Waals surface area (Å²) in [6.07, 6.45) is 5.08. The highest BCUT2D eigenvalue weighted by Crippen LogP contribution is 2.34. The number of carbonyl (C=O) groups excluding carboxylic acids is 2. The third-order valence-corrected chi connectivity index (χ3v) is 6.93. The van der Waals surface area contributed by atoms with Crippen LogP contribution in [0.3, 0.4) is 0 Å². The monoisotopic (exact) mass is 517 g/mol. The first-order valence-electron chi connectivity index (χ1n) is 13.0. The molecule has 5 rings (SSSR count). The third-order valence-electron chi connectivity index (χ3n) is 6.93. The zero-order valence-electron chi connectivity index (χ0n) is 22.4. The lowest BCUT2D eigenvalue weighted by Crippen LogP contribution is -2.24. The highest BCUT2D eigenvalue weighted by atomic mass is 16.5. The molecule has 4 heterocycles. The summed E-state index contributed by atoms with van der Waals surface area (Å²) < 4.78 is 12.5. The Balaban J connectivity index is 1.57. The number of rotatable bonds is 8. The second-order valence-electron chi connectivity index (χ2n) is 11.0. The number of methoxy groups -OCH3 is 1. The van der Waals surface area contributed by atoms with E-state index in [1.165, 1.54) is 7.11 Å². The predicted molar refractivity (Wildman–Crippen MR) is 149 cm³/mol. The molecule has 9 nitrogen and oxygen atoms in total. The minimum Gasteiger partial charge on any atom is -0.464 e. The van der Waals surface area contributed by atoms with Gasteiger partial charge in [-0.25, -0.2) is 9.78 Å². The summed E-state index contributed by atoms with van der Waals surface area (Å²) in [6, 6.07) is 10.1. The van der Waals surface area contributed by atoms with Crippen molar-refractivity contribution in [3.63, 3.8) is 0 Å². The number of anilines is 2. The molecule has 1 aromatic carbocycles. The van der Waals surface area contributed by atoms with Crippen molar-refractivity contribution in [2.45, 2.75) is 40.2 Å². The largest absolute Gasteiger partial charge is 0.464 e. The highest BCUT2D eigenvalue weighted by molar-refractivity contribution is 6.11. The number of H-pyrrole nitrogens is 1. The zero-order valence-corrected chi connectivity index (χ0v) is 22.4. The Bertz CT molecular complexity index is 1470. The van der Waals surface area contributed by atoms with Crippen molar-refractivity contribution in [1.82, 2.24) is 14.5 Å². The summed E-state index contributed by atoms with van der Waals surface area (Å²) >= 11 is 0. The number of para-hydroxylation sites is 1. The maximum Gasteiger partial charge on any atom is 0.356 e. The maximum absolute atomic E-state index is 13.2. The van der Waals surface area contributed by atoms with Crippen LogP contribution in [0.4, 0.5) is 11.4 Å². The lowest BCUT2D eigenvalue weighted by molar-refractivity contribution is -0.119. The van der Waals surface area contributed by atoms with Gasteiger partial charge in [-0.3, -0.25) is 4.79 Å². The quantitative estimate of drug-likeness (QED) is 0.284. The van der Waals surface area contributed by atoms with E-state index in [1.54, 1.807) is 6.20 Å². The molecule has 0 spiro atoms. The van der Waals surface area contributed by atoms with E-state index in [2.05, 4.69) is 42.5 Å². The first-order valence-corrected chi connectivity index (χ1v) is 13.0. The lowest BCUT2D eigenvalue weighted by Gasteiger charge is -2.19. The lowest BCUT2D eigenvalue weighted by atomic mass is 9.97. The molecule has 1 aliphatic rings. The Morgan fingerprint density at radius 1 is 1.24 bits per heavy atom. The number of aromatic amines is 1. The van der Waals surface area contributed by atoms with Gasteiger partial charge in [0.2, 0.25) is 5.91 Å². The average molecular weight is 518 g/mol. The Kier molecular flexibility index (Phi) is 7.12. The molecule has 0 aliphatic carbocycles. The summed E-state index contributed by atoms with van der Waals surface area (Å²) in [6.45, 7) is 8.60. The number of nitrogens with one attached hydrogen (secondary N) is 3. The number of ether oxygens (including phenoxy) is 2. The molecule has 1 saturated heterocycles. The second kappa shape index (κ2) is 10.5. The van der Waals surface area contributed by atoms with Crippen LogP contribution in [0.15, 0.2) is 42.7 Å². The van der Waals surface area contributed by atoms with Gasteiger partial charge in [0.1, 0.15) is 5.65 Å². The molecular formula is C29H35N5O4. The highest BCUT2D eigenvalue weighted by Gasteiger charge is 2.30. The number of aryl methyl sites for hydroxylation is 2. The summed E-state index contributed by atoms with van der Waals surface area (Å²) in [7, 11) is 1.35. The van der Waals surface area contributed by atoms with E-state index in [4.69, 9.17) is 14.5 Å². The van der Waals surface area contributed by atoms with Crippen molar-refractivity contribution in [3.8, 4) is 0 Å². The molecule has 0 saturated carbocycles. The van der Waals surface area contributed by atoms with Crippen molar-refractivity contribution in [2.75, 3.05) is 37.5 Å². The van der Waals surface area contributed by atoms with Crippen LogP contribution in [0.5, 0.6) is 0 Å². The summed E-state index contributed by atoms with van der Waals surface area (Å²) in [5.74, 6) is -0.958. The van der Waals surface area contributed by atoms with Crippen LogP contribution in [-0.2, 0) is 27.2 Å². The fourth-order valence-electron chi connectivity index (χ4n) is 4.88. The molecule has 3 aromatic heterocycles. The standard InChI is InChI=1S/C29H35N5O4/c1-29(2,3)17-32-20-13-22-24(33-27(35)19-10-12-38-16-19)25(28(36)37-4)34(26(22)31-15-20)11-9-18-14-30-23-8-6-5-7-21(18)23/h5-8,13-15,19,30,32H,9-12,16-17H2,1-4H3,(H,33,35)/t19-/m0/s1. The molecule has 1 amide bonds. The predicted octanol–water partition coefficient (Wildman–Crippen LogP) is 4.98. The van der Waals surface area contributed by atoms with Crippen molar-refractivity contribution in [3.05, 3.63) is 54.0 Å². The van der Waals surface area contributed by atoms with Gasteiger partial charge in [-0.05, 0) is 36.0 Å². The van der Waals surface area contributed by atoms with Gasteiger partial charge in [0.15, 0.2) is 5.69 Å². The fourth-order valence-corrected chi connectivity index (χ4v) is 4.88. The first-order chi connectivity index (χ1) is 18.2. The molecule has 0 bridgehead atoms. The minimum absolute atomic E-state index is 0.0664. The van der Waals surface area contributed by atoms with E-state index >= 15 is 0 Å². The van der Waals surface area contributed by atoms with Crippen LogP contribution in [0.2, 0.25) is 0 Å². The Labute approximate surface area is 221 Å². The van der Waals surface area contributed by atoms with Crippen molar-refractivity contribution >= 4 is 45.2 Å². The van der Waals surface area contributed by atoms with Gasteiger partial charge >= 0.3 is 5.97 Å². The van der Waals surface area contributed by atoms with E-state index < -0.39 is 5.97 Å². The SMILES string of the molecule is COC(=O)c1c(NC(=O)[C@H]2CCOC2)c2cc(NCC(C)(C)C)cnc2n1CCc1c[nH]c2ccccc12. The van der Waals surface area contributed by atoms with E-state index in [9.17, 15) is 9.59 Å². The second-order valence-corrected chi connectivity index (χ2v) is 11.0. The number of fused-ring (bicyclic) bond motifs is 2. The number of nitrogens with zero attached hydrogens (tertiary/aromatic N) is 2. The molecule has 1 atom stereocenters. The molecule has 38 heavy (non-hydrogen) atoms. The molecule has 0 radical (unpaired) electrons. The smallest absolute Gasteiger partial charge is 0.356 e. The van der Waals surface area contributed by atoms with Gasteiger partial charge in [-0.2, -0.15) is 0 Å². The number of pyridine rings is 1. The van der Waals surface area contributed by atoms with Gasteiger partial charge in [0, 0.05) is 42.2 Å². The molecular weight excluding hydrogens is 482 g/mol. The molecule has 0 unspecified atom stereocenters. The van der Waals surface area contributed by atoms with Gasteiger partial charge in [0.25, 0.3) is 0 Å². The van der Waals surface area contributed by atoms with Crippen molar-refractivity contribution in [1.29, 1.82) is 0 Å². The van der Waals surface area contributed by atoms with Crippen LogP contribution in [0.25, 0.3) is 21.9 Å². The van der Waals surface area contributed by atoms with Crippen LogP contribution >= 0.6 is 0 Å². The van der Waals surface area contributed by atoms with Crippen LogP contribution in [0.1, 0.15) is 43.2 Å². The molecule has 3 N–H and O–H groups in total. The Morgan fingerprint density at radius 2 is 2.05 bits per heavy atom. The number of hydrogen-bond donors (Lipinski definition) is 3. The molecule has 200 valence electrons. The number of esters is 1.